The monoisotopic (exact) mass is 343 g/mol. The van der Waals surface area contributed by atoms with E-state index in [2.05, 4.69) is 17.6 Å². The summed E-state index contributed by atoms with van der Waals surface area (Å²) in [6.07, 6.45) is 12.7. The lowest BCUT2D eigenvalue weighted by atomic mass is 9.86. The summed E-state index contributed by atoms with van der Waals surface area (Å²) in [6.45, 7) is 2.32. The molecule has 2 aliphatic rings. The molecule has 0 amide bonds. The van der Waals surface area contributed by atoms with E-state index < -0.39 is 0 Å². The fraction of sp³-hybridized carbons (Fsp3) is 0.667. The van der Waals surface area contributed by atoms with Gasteiger partial charge in [0.1, 0.15) is 5.75 Å². The zero-order valence-corrected chi connectivity index (χ0v) is 15.5. The van der Waals surface area contributed by atoms with Gasteiger partial charge in [-0.25, -0.2) is 4.99 Å². The molecule has 0 radical (unpaired) electrons. The van der Waals surface area contributed by atoms with Crippen molar-refractivity contribution in [1.29, 1.82) is 0 Å². The van der Waals surface area contributed by atoms with Crippen LogP contribution >= 0.6 is 0 Å². The summed E-state index contributed by atoms with van der Waals surface area (Å²) in [5.74, 6) is 1.74. The van der Waals surface area contributed by atoms with Crippen LogP contribution in [0.2, 0.25) is 0 Å². The third kappa shape index (κ3) is 5.38. The van der Waals surface area contributed by atoms with E-state index in [-0.39, 0.29) is 5.75 Å². The van der Waals surface area contributed by atoms with Crippen LogP contribution in [0, 0.1) is 5.92 Å². The highest BCUT2D eigenvalue weighted by Gasteiger charge is 2.22. The molecular formula is C21H33N3O. The topological polar surface area (TPSA) is 56.7 Å². The highest BCUT2D eigenvalue weighted by atomic mass is 16.3. The van der Waals surface area contributed by atoms with Crippen LogP contribution in [-0.2, 0) is 0 Å². The predicted octanol–water partition coefficient (Wildman–Crippen LogP) is 5.05. The summed E-state index contributed by atoms with van der Waals surface area (Å²) >= 11 is 0. The molecule has 0 bridgehead atoms. The number of hydrogen-bond acceptors (Lipinski definition) is 2. The van der Waals surface area contributed by atoms with Crippen molar-refractivity contribution in [2.45, 2.75) is 83.2 Å². The van der Waals surface area contributed by atoms with Crippen LogP contribution in [0.5, 0.6) is 5.75 Å². The quantitative estimate of drug-likeness (QED) is 0.311. The molecule has 4 nitrogen and oxygen atoms in total. The van der Waals surface area contributed by atoms with Crippen LogP contribution in [0.15, 0.2) is 29.3 Å². The van der Waals surface area contributed by atoms with Gasteiger partial charge in [0.2, 0.25) is 0 Å². The summed E-state index contributed by atoms with van der Waals surface area (Å²) in [5, 5.41) is 17.2. The number of para-hydroxylation sites is 2. The van der Waals surface area contributed by atoms with Gasteiger partial charge in [-0.15, -0.1) is 0 Å². The van der Waals surface area contributed by atoms with Gasteiger partial charge in [-0.1, -0.05) is 57.6 Å². The Labute approximate surface area is 152 Å². The summed E-state index contributed by atoms with van der Waals surface area (Å²) in [6, 6.07) is 8.27. The minimum absolute atomic E-state index is 0.273. The maximum absolute atomic E-state index is 10.1. The first kappa shape index (κ1) is 18.1. The molecule has 1 aromatic carbocycles. The number of guanidine groups is 1. The Morgan fingerprint density at radius 3 is 2.36 bits per heavy atom. The lowest BCUT2D eigenvalue weighted by molar-refractivity contribution is 0.332. The van der Waals surface area contributed by atoms with Crippen molar-refractivity contribution in [3.63, 3.8) is 0 Å². The second-order valence-electron chi connectivity index (χ2n) is 7.78. The number of aliphatic imine (C=N–C) groups is 1. The first-order valence-corrected chi connectivity index (χ1v) is 10.1. The lowest BCUT2D eigenvalue weighted by Crippen LogP contribution is -2.40. The maximum atomic E-state index is 10.1. The van der Waals surface area contributed by atoms with Crippen LogP contribution in [0.4, 0.5) is 5.69 Å². The van der Waals surface area contributed by atoms with Gasteiger partial charge in [0.05, 0.1) is 11.7 Å². The molecule has 2 aliphatic carbocycles. The third-order valence-electron chi connectivity index (χ3n) is 5.71. The molecule has 2 fully saturated rings. The zero-order chi connectivity index (χ0) is 17.5. The number of phenols is 1. The van der Waals surface area contributed by atoms with Gasteiger partial charge in [-0.2, -0.15) is 0 Å². The summed E-state index contributed by atoms with van der Waals surface area (Å²) in [4.78, 5) is 5.06. The van der Waals surface area contributed by atoms with Crippen molar-refractivity contribution >= 4 is 11.6 Å². The van der Waals surface area contributed by atoms with Crippen molar-refractivity contribution < 1.29 is 5.11 Å². The molecule has 4 heteroatoms. The number of benzene rings is 1. The number of anilines is 1. The first-order valence-electron chi connectivity index (χ1n) is 10.1. The second kappa shape index (κ2) is 9.12. The highest BCUT2D eigenvalue weighted by molar-refractivity contribution is 5.95. The molecule has 0 aliphatic heterocycles. The maximum Gasteiger partial charge on any atom is 0.196 e. The van der Waals surface area contributed by atoms with E-state index in [0.717, 1.165) is 11.6 Å². The van der Waals surface area contributed by atoms with Crippen molar-refractivity contribution in [1.82, 2.24) is 5.32 Å². The van der Waals surface area contributed by atoms with Gasteiger partial charge in [0.25, 0.3) is 0 Å². The Balaban J connectivity index is 1.75. The Kier molecular flexibility index (Phi) is 6.60. The molecule has 2 saturated carbocycles. The van der Waals surface area contributed by atoms with E-state index in [4.69, 9.17) is 4.99 Å². The highest BCUT2D eigenvalue weighted by Crippen LogP contribution is 2.27. The van der Waals surface area contributed by atoms with Crippen LogP contribution in [0.25, 0.3) is 0 Å². The van der Waals surface area contributed by atoms with E-state index in [1.807, 2.05) is 18.2 Å². The van der Waals surface area contributed by atoms with E-state index in [1.165, 1.54) is 64.2 Å². The first-order chi connectivity index (χ1) is 12.2. The number of rotatable bonds is 3. The normalized spacial score (nSPS) is 26.0. The molecule has 2 unspecified atom stereocenters. The molecule has 0 aromatic heterocycles. The van der Waals surface area contributed by atoms with Gasteiger partial charge in [-0.3, -0.25) is 0 Å². The molecule has 0 heterocycles. The molecule has 0 spiro atoms. The number of nitrogens with zero attached hydrogens (tertiary/aromatic N) is 1. The summed E-state index contributed by atoms with van der Waals surface area (Å²) in [7, 11) is 0. The van der Waals surface area contributed by atoms with Crippen LogP contribution < -0.4 is 10.6 Å². The number of hydrogen-bond donors (Lipinski definition) is 3. The van der Waals surface area contributed by atoms with Crippen molar-refractivity contribution in [3.8, 4) is 5.75 Å². The predicted molar refractivity (Wildman–Crippen MR) is 105 cm³/mol. The molecule has 138 valence electrons. The minimum Gasteiger partial charge on any atom is -0.506 e. The average molecular weight is 344 g/mol. The van der Waals surface area contributed by atoms with Crippen molar-refractivity contribution in [2.75, 3.05) is 5.32 Å². The summed E-state index contributed by atoms with van der Waals surface area (Å²) in [5.41, 5.74) is 0.728. The van der Waals surface area contributed by atoms with Gasteiger partial charge >= 0.3 is 0 Å². The Morgan fingerprint density at radius 1 is 0.960 bits per heavy atom. The molecule has 25 heavy (non-hydrogen) atoms. The minimum atomic E-state index is 0.273. The van der Waals surface area contributed by atoms with Crippen molar-refractivity contribution in [2.24, 2.45) is 10.9 Å². The van der Waals surface area contributed by atoms with Crippen molar-refractivity contribution in [3.05, 3.63) is 24.3 Å². The fourth-order valence-corrected chi connectivity index (χ4v) is 4.08. The Hall–Kier alpha value is -1.71. The average Bonchev–Trinajstić information content (AvgIpc) is 2.87. The van der Waals surface area contributed by atoms with Crippen LogP contribution in [0.1, 0.15) is 71.1 Å². The van der Waals surface area contributed by atoms with Crippen LogP contribution in [0.3, 0.4) is 0 Å². The van der Waals surface area contributed by atoms with Gasteiger partial charge < -0.3 is 15.7 Å². The van der Waals surface area contributed by atoms with Crippen LogP contribution in [-0.4, -0.2) is 23.1 Å². The SMILES string of the molecule is CC1CCCCC1N=C(Nc1ccccc1O)NC1CCCCCC1. The fourth-order valence-electron chi connectivity index (χ4n) is 4.08. The van der Waals surface area contributed by atoms with Gasteiger partial charge in [-0.05, 0) is 43.7 Å². The zero-order valence-electron chi connectivity index (χ0n) is 15.5. The van der Waals surface area contributed by atoms with E-state index in [9.17, 15) is 5.11 Å². The Bertz CT molecular complexity index is 564. The lowest BCUT2D eigenvalue weighted by Gasteiger charge is -2.28. The van der Waals surface area contributed by atoms with E-state index in [0.29, 0.717) is 18.0 Å². The number of phenolic OH excluding ortho intramolecular Hbond substituents is 1. The molecule has 0 saturated heterocycles. The standard InChI is InChI=1S/C21H33N3O/c1-16-10-6-7-13-18(16)23-21(22-17-11-4-2-3-5-12-17)24-19-14-8-9-15-20(19)25/h8-9,14-18,25H,2-7,10-13H2,1H3,(H2,22,23,24). The molecule has 1 aromatic rings. The molecule has 2 atom stereocenters. The second-order valence-corrected chi connectivity index (χ2v) is 7.78. The van der Waals surface area contributed by atoms with E-state index >= 15 is 0 Å². The largest absolute Gasteiger partial charge is 0.506 e. The number of nitrogens with one attached hydrogen (secondary N) is 2. The van der Waals surface area contributed by atoms with Gasteiger partial charge in [0.15, 0.2) is 5.96 Å². The van der Waals surface area contributed by atoms with E-state index in [1.54, 1.807) is 6.07 Å². The Morgan fingerprint density at radius 2 is 1.64 bits per heavy atom. The van der Waals surface area contributed by atoms with Gasteiger partial charge in [0, 0.05) is 6.04 Å². The molecule has 3 N–H and O–H groups in total. The molecular weight excluding hydrogens is 310 g/mol. The third-order valence-corrected chi connectivity index (χ3v) is 5.71. The number of aromatic hydroxyl groups is 1. The summed E-state index contributed by atoms with van der Waals surface area (Å²) < 4.78 is 0. The smallest absolute Gasteiger partial charge is 0.196 e. The molecule has 3 rings (SSSR count).